The van der Waals surface area contributed by atoms with Crippen molar-refractivity contribution in [3.8, 4) is 11.5 Å². The Bertz CT molecular complexity index is 1330. The topological polar surface area (TPSA) is 87.5 Å². The first-order chi connectivity index (χ1) is 19.0. The van der Waals surface area contributed by atoms with Gasteiger partial charge in [-0.15, -0.1) is 5.10 Å². The van der Waals surface area contributed by atoms with Crippen molar-refractivity contribution < 1.29 is 19.0 Å². The second-order valence-corrected chi connectivity index (χ2v) is 10.4. The molecule has 0 aliphatic carbocycles. The van der Waals surface area contributed by atoms with Gasteiger partial charge in [0.05, 0.1) is 25.4 Å². The minimum absolute atomic E-state index is 0.264. The van der Waals surface area contributed by atoms with Crippen LogP contribution >= 0.6 is 23.4 Å². The van der Waals surface area contributed by atoms with Gasteiger partial charge in [-0.2, -0.15) is 4.98 Å². The van der Waals surface area contributed by atoms with Gasteiger partial charge in [0.2, 0.25) is 11.1 Å². The van der Waals surface area contributed by atoms with Crippen LogP contribution in [0.15, 0.2) is 58.9 Å². The third-order valence-electron chi connectivity index (χ3n) is 6.23. The summed E-state index contributed by atoms with van der Waals surface area (Å²) in [5.74, 6) is 2.06. The maximum atomic E-state index is 13.2. The normalized spacial score (nSPS) is 14.5. The highest BCUT2D eigenvalue weighted by Gasteiger charge is 2.35. The fraction of sp³-hybridized carbons (Fsp3) is 0.414. The van der Waals surface area contributed by atoms with Gasteiger partial charge in [-0.25, -0.2) is 9.48 Å². The Morgan fingerprint density at radius 1 is 1.08 bits per heavy atom. The number of unbranched alkanes of at least 4 members (excludes halogenated alkanes) is 2. The molecular weight excluding hydrogens is 536 g/mol. The number of thioether (sulfide) groups is 1. The van der Waals surface area contributed by atoms with Crippen LogP contribution in [0.3, 0.4) is 0 Å². The molecule has 8 nitrogen and oxygen atoms in total. The van der Waals surface area contributed by atoms with Crippen molar-refractivity contribution in [2.75, 3.05) is 25.1 Å². The first-order valence-electron chi connectivity index (χ1n) is 13.3. The van der Waals surface area contributed by atoms with Crippen molar-refractivity contribution in [2.24, 2.45) is 0 Å². The molecule has 0 bridgehead atoms. The van der Waals surface area contributed by atoms with E-state index in [-0.39, 0.29) is 6.61 Å². The number of fused-ring (bicyclic) bond motifs is 1. The van der Waals surface area contributed by atoms with Gasteiger partial charge in [-0.3, -0.25) is 0 Å². The van der Waals surface area contributed by atoms with Crippen LogP contribution in [0.5, 0.6) is 11.5 Å². The Morgan fingerprint density at radius 3 is 2.64 bits per heavy atom. The number of nitrogens with zero attached hydrogens (tertiary/aromatic N) is 3. The predicted octanol–water partition coefficient (Wildman–Crippen LogP) is 7.04. The molecular formula is C29H35ClN4O4S. The monoisotopic (exact) mass is 570 g/mol. The van der Waals surface area contributed by atoms with Crippen molar-refractivity contribution in [3.05, 3.63) is 69.9 Å². The average molecular weight is 571 g/mol. The maximum absolute atomic E-state index is 13.2. The molecule has 208 valence electrons. The number of nitrogens with one attached hydrogen (secondary N) is 1. The van der Waals surface area contributed by atoms with Crippen LogP contribution in [0, 0.1) is 0 Å². The number of allylic oxidation sites excluding steroid dienone is 1. The first kappa shape index (κ1) is 28.8. The zero-order valence-corrected chi connectivity index (χ0v) is 24.4. The number of benzene rings is 2. The SMILES string of the molecule is CCCCCOc1ccc(C2C(C(=O)OCC)=C(C)Nc3nc(SCc4ccccc4Cl)nn32)cc1OCC. The Balaban J connectivity index is 1.69. The fourth-order valence-electron chi connectivity index (χ4n) is 4.35. The van der Waals surface area contributed by atoms with Crippen LogP contribution in [0.4, 0.5) is 5.95 Å². The lowest BCUT2D eigenvalue weighted by Crippen LogP contribution is -2.29. The molecule has 0 fully saturated rings. The van der Waals surface area contributed by atoms with Gasteiger partial charge < -0.3 is 19.5 Å². The van der Waals surface area contributed by atoms with Crippen molar-refractivity contribution in [1.29, 1.82) is 0 Å². The molecule has 1 aromatic heterocycles. The number of esters is 1. The van der Waals surface area contributed by atoms with Gasteiger partial charge in [0, 0.05) is 16.5 Å². The van der Waals surface area contributed by atoms with Crippen molar-refractivity contribution in [2.45, 2.75) is 63.9 Å². The van der Waals surface area contributed by atoms with Gasteiger partial charge in [-0.1, -0.05) is 67.4 Å². The van der Waals surface area contributed by atoms with E-state index in [1.165, 1.54) is 11.8 Å². The summed E-state index contributed by atoms with van der Waals surface area (Å²) in [6, 6.07) is 12.9. The Hall–Kier alpha value is -3.17. The Kier molecular flexibility index (Phi) is 10.2. The summed E-state index contributed by atoms with van der Waals surface area (Å²) >= 11 is 7.83. The van der Waals surface area contributed by atoms with E-state index in [0.717, 1.165) is 30.4 Å². The number of carbonyl (C=O) groups is 1. The lowest BCUT2D eigenvalue weighted by Gasteiger charge is -2.28. The zero-order valence-electron chi connectivity index (χ0n) is 22.8. The van der Waals surface area contributed by atoms with E-state index >= 15 is 0 Å². The molecule has 1 N–H and O–H groups in total. The van der Waals surface area contributed by atoms with Gasteiger partial charge in [0.15, 0.2) is 11.5 Å². The molecule has 2 aromatic carbocycles. The summed E-state index contributed by atoms with van der Waals surface area (Å²) in [6.45, 7) is 9.11. The van der Waals surface area contributed by atoms with Gasteiger partial charge in [0.25, 0.3) is 0 Å². The van der Waals surface area contributed by atoms with E-state index in [1.807, 2.05) is 56.3 Å². The predicted molar refractivity (Wildman–Crippen MR) is 155 cm³/mol. The summed E-state index contributed by atoms with van der Waals surface area (Å²) in [6.07, 6.45) is 3.21. The Morgan fingerprint density at radius 2 is 1.90 bits per heavy atom. The third kappa shape index (κ3) is 6.89. The Labute approximate surface area is 239 Å². The molecule has 0 amide bonds. The molecule has 1 unspecified atom stereocenters. The second kappa shape index (κ2) is 13.8. The summed E-state index contributed by atoms with van der Waals surface area (Å²) < 4.78 is 19.2. The van der Waals surface area contributed by atoms with E-state index in [2.05, 4.69) is 12.2 Å². The van der Waals surface area contributed by atoms with E-state index in [0.29, 0.717) is 57.9 Å². The number of aromatic nitrogens is 3. The lowest BCUT2D eigenvalue weighted by molar-refractivity contribution is -0.139. The number of hydrogen-bond donors (Lipinski definition) is 1. The maximum Gasteiger partial charge on any atom is 0.338 e. The van der Waals surface area contributed by atoms with Gasteiger partial charge in [0.1, 0.15) is 6.04 Å². The van der Waals surface area contributed by atoms with Crippen molar-refractivity contribution >= 4 is 35.3 Å². The minimum Gasteiger partial charge on any atom is -0.490 e. The molecule has 3 aromatic rings. The highest BCUT2D eigenvalue weighted by atomic mass is 35.5. The fourth-order valence-corrected chi connectivity index (χ4v) is 5.46. The quantitative estimate of drug-likeness (QED) is 0.133. The summed E-state index contributed by atoms with van der Waals surface area (Å²) in [4.78, 5) is 17.9. The van der Waals surface area contributed by atoms with Crippen LogP contribution in [0.1, 0.15) is 64.1 Å². The number of carbonyl (C=O) groups excluding carboxylic acids is 1. The van der Waals surface area contributed by atoms with Crippen LogP contribution in [0.2, 0.25) is 5.02 Å². The molecule has 39 heavy (non-hydrogen) atoms. The number of rotatable bonds is 13. The van der Waals surface area contributed by atoms with Gasteiger partial charge >= 0.3 is 5.97 Å². The average Bonchev–Trinajstić information content (AvgIpc) is 3.33. The van der Waals surface area contributed by atoms with Crippen molar-refractivity contribution in [3.63, 3.8) is 0 Å². The molecule has 1 aliphatic rings. The highest BCUT2D eigenvalue weighted by molar-refractivity contribution is 7.98. The molecule has 4 rings (SSSR count). The summed E-state index contributed by atoms with van der Waals surface area (Å²) in [5, 5.41) is 9.31. The third-order valence-corrected chi connectivity index (χ3v) is 7.49. The number of halogens is 1. The molecule has 0 saturated carbocycles. The largest absolute Gasteiger partial charge is 0.490 e. The zero-order chi connectivity index (χ0) is 27.8. The van der Waals surface area contributed by atoms with Gasteiger partial charge in [-0.05, 0) is 56.5 Å². The van der Waals surface area contributed by atoms with Crippen LogP contribution < -0.4 is 14.8 Å². The molecule has 10 heteroatoms. The molecule has 0 radical (unpaired) electrons. The van der Waals surface area contributed by atoms with E-state index in [4.69, 9.17) is 35.9 Å². The van der Waals surface area contributed by atoms with Crippen LogP contribution in [-0.2, 0) is 15.3 Å². The standard InChI is InChI=1S/C29H35ClN4O4S/c1-5-8-11-16-38-23-15-14-20(17-24(23)36-6-2)26-25(27(35)37-7-3)19(4)31-28-32-29(33-34(26)28)39-18-21-12-9-10-13-22(21)30/h9-10,12-15,17,26H,5-8,11,16,18H2,1-4H3,(H,31,32,33). The molecule has 1 atom stereocenters. The molecule has 0 spiro atoms. The number of hydrogen-bond acceptors (Lipinski definition) is 8. The summed E-state index contributed by atoms with van der Waals surface area (Å²) in [5.41, 5.74) is 2.95. The lowest BCUT2D eigenvalue weighted by atomic mass is 9.95. The van der Waals surface area contributed by atoms with E-state index in [1.54, 1.807) is 11.6 Å². The van der Waals surface area contributed by atoms with Crippen LogP contribution in [-0.4, -0.2) is 40.6 Å². The first-order valence-corrected chi connectivity index (χ1v) is 14.7. The van der Waals surface area contributed by atoms with Crippen molar-refractivity contribution in [1.82, 2.24) is 14.8 Å². The molecule has 0 saturated heterocycles. The minimum atomic E-state index is -0.559. The van der Waals surface area contributed by atoms with E-state index < -0.39 is 12.0 Å². The number of ether oxygens (including phenoxy) is 3. The second-order valence-electron chi connectivity index (χ2n) is 9.02. The smallest absolute Gasteiger partial charge is 0.338 e. The van der Waals surface area contributed by atoms with E-state index in [9.17, 15) is 4.79 Å². The summed E-state index contributed by atoms with van der Waals surface area (Å²) in [7, 11) is 0. The number of anilines is 1. The molecule has 2 heterocycles. The molecule has 1 aliphatic heterocycles. The highest BCUT2D eigenvalue weighted by Crippen LogP contribution is 2.40. The van der Waals surface area contributed by atoms with Crippen LogP contribution in [0.25, 0.3) is 0 Å².